The van der Waals surface area contributed by atoms with E-state index >= 15 is 0 Å². The first kappa shape index (κ1) is 31.2. The van der Waals surface area contributed by atoms with Crippen molar-refractivity contribution in [2.45, 2.75) is 123 Å². The second-order valence-electron chi connectivity index (χ2n) is 16.6. The topological polar surface area (TPSA) is 0 Å². The van der Waals surface area contributed by atoms with Crippen molar-refractivity contribution < 1.29 is 0 Å². The molecular weight excluding hydrogens is 552 g/mol. The average Bonchev–Trinajstić information content (AvgIpc) is 2.94. The van der Waals surface area contributed by atoms with Crippen molar-refractivity contribution in [2.75, 3.05) is 0 Å². The summed E-state index contributed by atoms with van der Waals surface area (Å²) in [5.74, 6) is 0. The summed E-state index contributed by atoms with van der Waals surface area (Å²) >= 11 is 6.79. The van der Waals surface area contributed by atoms with Crippen LogP contribution in [0.2, 0.25) is 5.02 Å². The predicted octanol–water partition coefficient (Wildman–Crippen LogP) is 12.6. The Hall–Kier alpha value is -2.83. The van der Waals surface area contributed by atoms with Gasteiger partial charge < -0.3 is 0 Å². The molecule has 0 fully saturated rings. The van der Waals surface area contributed by atoms with Crippen molar-refractivity contribution in [3.8, 4) is 22.3 Å². The monoisotopic (exact) mass is 602 g/mol. The van der Waals surface area contributed by atoms with Crippen LogP contribution in [0.4, 0.5) is 0 Å². The molecule has 0 saturated heterocycles. The van der Waals surface area contributed by atoms with Gasteiger partial charge in [0.15, 0.2) is 0 Å². The SMILES string of the molecule is Cc1cc2c(cc1-c1ccccc1-c1c(C)cc(Cl)cc1Cc1ccc3c(c1)C(C)(C)CCC3(C)C)C(C)(C)CCC2(C)C. The molecule has 4 aromatic rings. The van der Waals surface area contributed by atoms with Gasteiger partial charge in [0, 0.05) is 5.02 Å². The van der Waals surface area contributed by atoms with Crippen molar-refractivity contribution in [1.82, 2.24) is 0 Å². The number of hydrogen-bond donors (Lipinski definition) is 0. The summed E-state index contributed by atoms with van der Waals surface area (Å²) < 4.78 is 0. The summed E-state index contributed by atoms with van der Waals surface area (Å²) in [5.41, 5.74) is 17.4. The molecule has 0 amide bonds. The van der Waals surface area contributed by atoms with Crippen LogP contribution < -0.4 is 0 Å². The molecular formula is C43H51Cl. The van der Waals surface area contributed by atoms with Crippen LogP contribution in [-0.4, -0.2) is 0 Å². The Morgan fingerprint density at radius 1 is 0.523 bits per heavy atom. The minimum absolute atomic E-state index is 0.165. The lowest BCUT2D eigenvalue weighted by atomic mass is 9.62. The van der Waals surface area contributed by atoms with Gasteiger partial charge in [-0.3, -0.25) is 0 Å². The molecule has 4 aromatic carbocycles. The van der Waals surface area contributed by atoms with E-state index in [0.29, 0.717) is 0 Å². The molecule has 0 heterocycles. The van der Waals surface area contributed by atoms with Crippen LogP contribution in [-0.2, 0) is 28.1 Å². The largest absolute Gasteiger partial charge is 0.0843 e. The predicted molar refractivity (Wildman–Crippen MR) is 192 cm³/mol. The Morgan fingerprint density at radius 3 is 1.66 bits per heavy atom. The zero-order chi connectivity index (χ0) is 31.8. The summed E-state index contributed by atoms with van der Waals surface area (Å²) in [6.45, 7) is 23.9. The van der Waals surface area contributed by atoms with Gasteiger partial charge in [-0.05, 0) is 147 Å². The summed E-state index contributed by atoms with van der Waals surface area (Å²) in [6, 6.07) is 25.7. The molecule has 6 rings (SSSR count). The molecule has 1 heteroatoms. The third kappa shape index (κ3) is 5.36. The second-order valence-corrected chi connectivity index (χ2v) is 17.0. The van der Waals surface area contributed by atoms with Crippen molar-refractivity contribution in [3.63, 3.8) is 0 Å². The van der Waals surface area contributed by atoms with E-state index in [4.69, 9.17) is 11.6 Å². The minimum atomic E-state index is 0.165. The van der Waals surface area contributed by atoms with Gasteiger partial charge in [0.2, 0.25) is 0 Å². The Labute approximate surface area is 272 Å². The first-order valence-corrected chi connectivity index (χ1v) is 17.1. The second kappa shape index (κ2) is 10.6. The minimum Gasteiger partial charge on any atom is -0.0843 e. The Kier molecular flexibility index (Phi) is 7.52. The van der Waals surface area contributed by atoms with Gasteiger partial charge in [0.25, 0.3) is 0 Å². The molecule has 0 bridgehead atoms. The van der Waals surface area contributed by atoms with Gasteiger partial charge in [-0.2, -0.15) is 0 Å². The van der Waals surface area contributed by atoms with Crippen LogP contribution in [0.25, 0.3) is 22.3 Å². The van der Waals surface area contributed by atoms with Crippen molar-refractivity contribution in [3.05, 3.63) is 116 Å². The first-order valence-electron chi connectivity index (χ1n) is 16.7. The van der Waals surface area contributed by atoms with E-state index in [2.05, 4.69) is 136 Å². The van der Waals surface area contributed by atoms with E-state index < -0.39 is 0 Å². The van der Waals surface area contributed by atoms with E-state index in [1.54, 1.807) is 0 Å². The van der Waals surface area contributed by atoms with Crippen molar-refractivity contribution in [2.24, 2.45) is 0 Å². The summed E-state index contributed by atoms with van der Waals surface area (Å²) in [4.78, 5) is 0. The summed E-state index contributed by atoms with van der Waals surface area (Å²) in [5, 5.41) is 0.812. The van der Waals surface area contributed by atoms with Crippen molar-refractivity contribution >= 4 is 11.6 Å². The number of aryl methyl sites for hydroxylation is 2. The average molecular weight is 603 g/mol. The fourth-order valence-corrected chi connectivity index (χ4v) is 8.55. The van der Waals surface area contributed by atoms with Gasteiger partial charge >= 0.3 is 0 Å². The van der Waals surface area contributed by atoms with Crippen LogP contribution in [0, 0.1) is 13.8 Å². The molecule has 0 atom stereocenters. The molecule has 0 aliphatic heterocycles. The van der Waals surface area contributed by atoms with Gasteiger partial charge in [0.1, 0.15) is 0 Å². The Bertz CT molecular complexity index is 1760. The maximum Gasteiger partial charge on any atom is 0.0411 e. The smallest absolute Gasteiger partial charge is 0.0411 e. The lowest BCUT2D eigenvalue weighted by Crippen LogP contribution is -2.34. The lowest BCUT2D eigenvalue weighted by molar-refractivity contribution is 0.331. The van der Waals surface area contributed by atoms with Crippen LogP contribution in [0.3, 0.4) is 0 Å². The molecule has 2 aliphatic rings. The third-order valence-corrected chi connectivity index (χ3v) is 11.6. The zero-order valence-corrected chi connectivity index (χ0v) is 29.5. The molecule has 0 unspecified atom stereocenters. The third-order valence-electron chi connectivity index (χ3n) is 11.4. The molecule has 0 saturated carbocycles. The van der Waals surface area contributed by atoms with Gasteiger partial charge in [-0.25, -0.2) is 0 Å². The quantitative estimate of drug-likeness (QED) is 0.218. The van der Waals surface area contributed by atoms with Gasteiger partial charge in [0.05, 0.1) is 0 Å². The van der Waals surface area contributed by atoms with E-state index in [9.17, 15) is 0 Å². The molecule has 0 spiro atoms. The number of hydrogen-bond acceptors (Lipinski definition) is 0. The highest BCUT2D eigenvalue weighted by Gasteiger charge is 2.38. The van der Waals surface area contributed by atoms with Gasteiger partial charge in [-0.1, -0.05) is 122 Å². The van der Waals surface area contributed by atoms with Crippen LogP contribution >= 0.6 is 11.6 Å². The summed E-state index contributed by atoms with van der Waals surface area (Å²) in [7, 11) is 0. The fraction of sp³-hybridized carbons (Fsp3) is 0.442. The highest BCUT2D eigenvalue weighted by atomic mass is 35.5. The van der Waals surface area contributed by atoms with E-state index in [-0.39, 0.29) is 21.7 Å². The maximum atomic E-state index is 6.79. The normalized spacial score (nSPS) is 19.2. The van der Waals surface area contributed by atoms with E-state index in [1.807, 2.05) is 0 Å². The lowest BCUT2D eigenvalue weighted by Gasteiger charge is -2.42. The maximum absolute atomic E-state index is 6.79. The Morgan fingerprint density at radius 2 is 1.05 bits per heavy atom. The first-order chi connectivity index (χ1) is 20.5. The number of fused-ring (bicyclic) bond motifs is 2. The molecule has 2 aliphatic carbocycles. The van der Waals surface area contributed by atoms with Crippen molar-refractivity contribution in [1.29, 1.82) is 0 Å². The molecule has 0 nitrogen and oxygen atoms in total. The highest BCUT2D eigenvalue weighted by molar-refractivity contribution is 6.30. The van der Waals surface area contributed by atoms with Gasteiger partial charge in [-0.15, -0.1) is 0 Å². The standard InChI is InChI=1S/C43H51Cl/c1-27-22-36-38(43(9,10)20-19-41(36,5)6)26-34(27)32-13-11-12-14-33(32)39-28(2)21-31(44)25-30(39)23-29-15-16-35-37(24-29)42(7,8)18-17-40(35,3)4/h11-16,21-22,24-26H,17-20,23H2,1-10H3. The fourth-order valence-electron chi connectivity index (χ4n) is 8.25. The van der Waals surface area contributed by atoms with Crippen LogP contribution in [0.5, 0.6) is 0 Å². The number of halogens is 1. The van der Waals surface area contributed by atoms with Crippen LogP contribution in [0.1, 0.15) is 126 Å². The molecule has 0 N–H and O–H groups in total. The molecule has 230 valence electrons. The zero-order valence-electron chi connectivity index (χ0n) is 28.8. The summed E-state index contributed by atoms with van der Waals surface area (Å²) in [6.07, 6.45) is 5.76. The molecule has 0 aromatic heterocycles. The van der Waals surface area contributed by atoms with E-state index in [1.165, 1.54) is 92.4 Å². The molecule has 0 radical (unpaired) electrons. The highest BCUT2D eigenvalue weighted by Crippen LogP contribution is 2.49. The number of benzene rings is 4. The molecule has 44 heavy (non-hydrogen) atoms. The van der Waals surface area contributed by atoms with E-state index in [0.717, 1.165) is 11.4 Å². The number of rotatable bonds is 4. The Balaban J connectivity index is 1.50. The van der Waals surface area contributed by atoms with Crippen LogP contribution in [0.15, 0.2) is 66.7 Å².